The van der Waals surface area contributed by atoms with E-state index in [9.17, 15) is 0 Å². The lowest BCUT2D eigenvalue weighted by atomic mass is 10.1. The third-order valence-electron chi connectivity index (χ3n) is 3.36. The first-order valence-electron chi connectivity index (χ1n) is 9.41. The van der Waals surface area contributed by atoms with Gasteiger partial charge in [-0.3, -0.25) is 14.0 Å². The molecule has 3 aromatic rings. The molecule has 3 rings (SSSR count). The smallest absolute Gasteiger partial charge is 0.137 e. The summed E-state index contributed by atoms with van der Waals surface area (Å²) in [6.45, 7) is 10.3. The van der Waals surface area contributed by atoms with Crippen molar-refractivity contribution in [3.8, 4) is 0 Å². The molecule has 0 aliphatic heterocycles. The van der Waals surface area contributed by atoms with Crippen molar-refractivity contribution in [3.63, 3.8) is 0 Å². The summed E-state index contributed by atoms with van der Waals surface area (Å²) < 4.78 is 5.26. The second-order valence-corrected chi connectivity index (χ2v) is 6.91. The molecule has 0 saturated heterocycles. The highest BCUT2D eigenvalue weighted by molar-refractivity contribution is 5.81. The molecule has 0 bridgehead atoms. The van der Waals surface area contributed by atoms with Crippen LogP contribution in [-0.2, 0) is 26.0 Å². The van der Waals surface area contributed by atoms with Gasteiger partial charge >= 0.3 is 0 Å². The van der Waals surface area contributed by atoms with Crippen molar-refractivity contribution in [2.45, 2.75) is 41.0 Å². The Bertz CT molecular complexity index is 722. The quantitative estimate of drug-likeness (QED) is 0.493. The van der Waals surface area contributed by atoms with Crippen LogP contribution in [0.3, 0.4) is 0 Å². The highest BCUT2D eigenvalue weighted by atomic mass is 16.6. The molecule has 0 fully saturated rings. The van der Waals surface area contributed by atoms with Crippen molar-refractivity contribution < 1.29 is 4.84 Å². The Labute approximate surface area is 174 Å². The van der Waals surface area contributed by atoms with Gasteiger partial charge in [0.1, 0.15) is 19.8 Å². The van der Waals surface area contributed by atoms with Crippen molar-refractivity contribution in [2.24, 2.45) is 32.2 Å². The maximum atomic E-state index is 4.59. The standard InChI is InChI=1S/C7H15NO.C6H10N2.C4H6N2.C3H5N3/c1-6(2)5-7(3)8-9-4;1-5-4-6(2)8(3)7-5;1-6-4-2-3-5-6;1-6-3-4-2-5-6/h6H,5H2,1-4H3;4H,1-3H3;2-4H,1H3;2-3H,1H3. The molecule has 0 unspecified atom stereocenters. The van der Waals surface area contributed by atoms with E-state index in [1.54, 1.807) is 29.0 Å². The number of aryl methyl sites for hydroxylation is 5. The second kappa shape index (κ2) is 15.0. The van der Waals surface area contributed by atoms with Crippen LogP contribution in [0.1, 0.15) is 38.6 Å². The lowest BCUT2D eigenvalue weighted by molar-refractivity contribution is 0.212. The maximum absolute atomic E-state index is 4.59. The van der Waals surface area contributed by atoms with E-state index in [0.717, 1.165) is 17.8 Å². The Morgan fingerprint density at radius 3 is 2.03 bits per heavy atom. The van der Waals surface area contributed by atoms with Gasteiger partial charge in [0.05, 0.1) is 11.4 Å². The molecular formula is C20H36N8O. The van der Waals surface area contributed by atoms with Gasteiger partial charge in [-0.1, -0.05) is 19.0 Å². The highest BCUT2D eigenvalue weighted by Crippen LogP contribution is 2.00. The number of rotatable bonds is 3. The molecule has 162 valence electrons. The van der Waals surface area contributed by atoms with Crippen LogP contribution in [0.25, 0.3) is 0 Å². The zero-order chi connectivity index (χ0) is 22.2. The summed E-state index contributed by atoms with van der Waals surface area (Å²) in [5.74, 6) is 0.670. The molecule has 0 spiro atoms. The fraction of sp³-hybridized carbons (Fsp3) is 0.550. The van der Waals surface area contributed by atoms with Gasteiger partial charge in [0.2, 0.25) is 0 Å². The van der Waals surface area contributed by atoms with Crippen LogP contribution in [-0.4, -0.2) is 47.1 Å². The topological polar surface area (TPSA) is 87.9 Å². The van der Waals surface area contributed by atoms with Crippen LogP contribution < -0.4 is 0 Å². The summed E-state index contributed by atoms with van der Waals surface area (Å²) in [5, 5.41) is 15.5. The van der Waals surface area contributed by atoms with Gasteiger partial charge in [-0.05, 0) is 45.2 Å². The number of oxime groups is 1. The molecule has 0 aliphatic carbocycles. The molecule has 0 saturated carbocycles. The lowest BCUT2D eigenvalue weighted by Gasteiger charge is -2.01. The summed E-state index contributed by atoms with van der Waals surface area (Å²) in [6, 6.07) is 3.94. The average Bonchev–Trinajstić information content (AvgIpc) is 3.34. The molecule has 3 heterocycles. The van der Waals surface area contributed by atoms with E-state index >= 15 is 0 Å². The summed E-state index contributed by atoms with van der Waals surface area (Å²) in [4.78, 5) is 8.27. The van der Waals surface area contributed by atoms with Crippen LogP contribution in [0.2, 0.25) is 0 Å². The summed E-state index contributed by atoms with van der Waals surface area (Å²) >= 11 is 0. The van der Waals surface area contributed by atoms with Gasteiger partial charge in [-0.2, -0.15) is 15.3 Å². The largest absolute Gasteiger partial charge is 0.399 e. The average molecular weight is 405 g/mol. The van der Waals surface area contributed by atoms with Crippen molar-refractivity contribution in [1.29, 1.82) is 0 Å². The Hall–Kier alpha value is -2.97. The summed E-state index contributed by atoms with van der Waals surface area (Å²) in [7, 11) is 7.24. The molecular weight excluding hydrogens is 368 g/mol. The Morgan fingerprint density at radius 2 is 1.83 bits per heavy atom. The van der Waals surface area contributed by atoms with Crippen LogP contribution in [0, 0.1) is 19.8 Å². The Balaban J connectivity index is 0.000000365. The predicted octanol–water partition coefficient (Wildman–Crippen LogP) is 3.33. The van der Waals surface area contributed by atoms with E-state index in [1.165, 1.54) is 12.0 Å². The molecule has 0 N–H and O–H groups in total. The summed E-state index contributed by atoms with van der Waals surface area (Å²) in [5.41, 5.74) is 3.36. The van der Waals surface area contributed by atoms with Gasteiger partial charge in [0.15, 0.2) is 0 Å². The monoisotopic (exact) mass is 404 g/mol. The van der Waals surface area contributed by atoms with E-state index < -0.39 is 0 Å². The van der Waals surface area contributed by atoms with Gasteiger partial charge in [-0.15, -0.1) is 0 Å². The van der Waals surface area contributed by atoms with Gasteiger partial charge < -0.3 is 4.84 Å². The molecule has 0 aliphatic rings. The fourth-order valence-electron chi connectivity index (χ4n) is 2.14. The first kappa shape index (κ1) is 26.0. The third kappa shape index (κ3) is 14.7. The normalized spacial score (nSPS) is 10.2. The molecule has 0 amide bonds. The Morgan fingerprint density at radius 1 is 1.14 bits per heavy atom. The van der Waals surface area contributed by atoms with E-state index in [-0.39, 0.29) is 0 Å². The first-order chi connectivity index (χ1) is 13.6. The zero-order valence-electron chi connectivity index (χ0n) is 19.2. The second-order valence-electron chi connectivity index (χ2n) is 6.91. The number of hydrogen-bond donors (Lipinski definition) is 0. The van der Waals surface area contributed by atoms with E-state index in [1.807, 2.05) is 58.9 Å². The molecule has 0 aromatic carbocycles. The zero-order valence-corrected chi connectivity index (χ0v) is 19.2. The lowest BCUT2D eigenvalue weighted by Crippen LogP contribution is -1.97. The molecule has 3 aromatic heterocycles. The van der Waals surface area contributed by atoms with E-state index in [0.29, 0.717) is 5.92 Å². The van der Waals surface area contributed by atoms with Crippen molar-refractivity contribution >= 4 is 5.71 Å². The van der Waals surface area contributed by atoms with Crippen molar-refractivity contribution in [3.05, 3.63) is 48.6 Å². The SMILES string of the molecule is CON=C(C)CC(C)C.Cc1cc(C)n(C)n1.Cn1cccn1.Cn1cncn1. The first-order valence-corrected chi connectivity index (χ1v) is 9.41. The van der Waals surface area contributed by atoms with Gasteiger partial charge in [-0.25, -0.2) is 4.98 Å². The predicted molar refractivity (Wildman–Crippen MR) is 116 cm³/mol. The van der Waals surface area contributed by atoms with Crippen LogP contribution >= 0.6 is 0 Å². The molecule has 0 atom stereocenters. The van der Waals surface area contributed by atoms with E-state index in [2.05, 4.69) is 50.2 Å². The minimum absolute atomic E-state index is 0.670. The molecule has 9 nitrogen and oxygen atoms in total. The fourth-order valence-corrected chi connectivity index (χ4v) is 2.14. The van der Waals surface area contributed by atoms with Gasteiger partial charge in [0, 0.05) is 39.2 Å². The Kier molecular flexibility index (Phi) is 13.5. The number of nitrogens with zero attached hydrogens (tertiary/aromatic N) is 8. The minimum Gasteiger partial charge on any atom is -0.399 e. The molecule has 0 radical (unpaired) electrons. The van der Waals surface area contributed by atoms with E-state index in [4.69, 9.17) is 0 Å². The molecule has 9 heteroatoms. The van der Waals surface area contributed by atoms with Crippen molar-refractivity contribution in [2.75, 3.05) is 7.11 Å². The van der Waals surface area contributed by atoms with Crippen LogP contribution in [0.15, 0.2) is 42.3 Å². The van der Waals surface area contributed by atoms with Crippen molar-refractivity contribution in [1.82, 2.24) is 34.3 Å². The number of aromatic nitrogens is 7. The minimum atomic E-state index is 0.670. The molecule has 29 heavy (non-hydrogen) atoms. The van der Waals surface area contributed by atoms with Gasteiger partial charge in [0.25, 0.3) is 0 Å². The summed E-state index contributed by atoms with van der Waals surface area (Å²) in [6.07, 6.45) is 7.80. The number of hydrogen-bond acceptors (Lipinski definition) is 6. The van der Waals surface area contributed by atoms with Crippen LogP contribution in [0.4, 0.5) is 0 Å². The highest BCUT2D eigenvalue weighted by Gasteiger charge is 1.95. The van der Waals surface area contributed by atoms with Crippen LogP contribution in [0.5, 0.6) is 0 Å². The maximum Gasteiger partial charge on any atom is 0.137 e. The third-order valence-corrected chi connectivity index (χ3v) is 3.36.